The molecule has 5 heteroatoms. The molecule has 19 heavy (non-hydrogen) atoms. The first-order chi connectivity index (χ1) is 9.28. The molecule has 0 aromatic carbocycles. The highest BCUT2D eigenvalue weighted by atomic mass is 16.5. The molecule has 1 fully saturated rings. The van der Waals surface area contributed by atoms with Gasteiger partial charge < -0.3 is 13.9 Å². The zero-order chi connectivity index (χ0) is 13.2. The second kappa shape index (κ2) is 5.01. The average Bonchev–Trinajstić information content (AvgIpc) is 2.90. The first kappa shape index (κ1) is 12.2. The number of fused-ring (bicyclic) bond motifs is 1. The molecular formula is C14H16N2O3. The second-order valence-corrected chi connectivity index (χ2v) is 4.70. The molecule has 2 aromatic rings. The molecular weight excluding hydrogens is 244 g/mol. The van der Waals surface area contributed by atoms with E-state index in [2.05, 4.69) is 4.98 Å². The van der Waals surface area contributed by atoms with Gasteiger partial charge in [-0.2, -0.15) is 0 Å². The van der Waals surface area contributed by atoms with Crippen LogP contribution in [-0.4, -0.2) is 29.1 Å². The minimum atomic E-state index is -0.342. The Balaban J connectivity index is 1.93. The Morgan fingerprint density at radius 2 is 2.32 bits per heavy atom. The van der Waals surface area contributed by atoms with Crippen LogP contribution in [0.25, 0.3) is 5.65 Å². The fourth-order valence-electron chi connectivity index (χ4n) is 2.38. The van der Waals surface area contributed by atoms with Crippen molar-refractivity contribution in [1.29, 1.82) is 0 Å². The van der Waals surface area contributed by atoms with Gasteiger partial charge in [0.2, 0.25) is 0 Å². The van der Waals surface area contributed by atoms with Crippen LogP contribution in [0.15, 0.2) is 24.5 Å². The van der Waals surface area contributed by atoms with E-state index in [0.717, 1.165) is 30.8 Å². The Hall–Kier alpha value is -1.88. The fourth-order valence-corrected chi connectivity index (χ4v) is 2.38. The van der Waals surface area contributed by atoms with Gasteiger partial charge in [0.05, 0.1) is 18.4 Å². The van der Waals surface area contributed by atoms with Gasteiger partial charge in [0.1, 0.15) is 11.8 Å². The van der Waals surface area contributed by atoms with Crippen molar-refractivity contribution in [2.45, 2.75) is 25.4 Å². The summed E-state index contributed by atoms with van der Waals surface area (Å²) in [6.07, 6.45) is 7.05. The van der Waals surface area contributed by atoms with Gasteiger partial charge in [-0.25, -0.2) is 9.78 Å². The number of rotatable bonds is 2. The molecule has 5 nitrogen and oxygen atoms in total. The molecule has 1 saturated heterocycles. The maximum absolute atomic E-state index is 11.5. The summed E-state index contributed by atoms with van der Waals surface area (Å²) in [5.41, 5.74) is 2.27. The maximum Gasteiger partial charge on any atom is 0.339 e. The van der Waals surface area contributed by atoms with E-state index in [4.69, 9.17) is 9.47 Å². The van der Waals surface area contributed by atoms with Crippen molar-refractivity contribution < 1.29 is 14.3 Å². The second-order valence-electron chi connectivity index (χ2n) is 4.70. The van der Waals surface area contributed by atoms with Crippen molar-refractivity contribution in [3.05, 3.63) is 35.8 Å². The molecule has 1 aliphatic heterocycles. The van der Waals surface area contributed by atoms with Gasteiger partial charge in [-0.05, 0) is 31.4 Å². The average molecular weight is 260 g/mol. The van der Waals surface area contributed by atoms with E-state index in [-0.39, 0.29) is 12.1 Å². The topological polar surface area (TPSA) is 52.8 Å². The highest BCUT2D eigenvalue weighted by Crippen LogP contribution is 2.27. The number of carbonyl (C=O) groups is 1. The Morgan fingerprint density at radius 1 is 1.42 bits per heavy atom. The summed E-state index contributed by atoms with van der Waals surface area (Å²) >= 11 is 0. The van der Waals surface area contributed by atoms with E-state index in [1.54, 1.807) is 12.3 Å². The van der Waals surface area contributed by atoms with Crippen LogP contribution in [0, 0.1) is 0 Å². The number of pyridine rings is 1. The molecule has 3 rings (SSSR count). The van der Waals surface area contributed by atoms with Crippen molar-refractivity contribution >= 4 is 11.6 Å². The first-order valence-electron chi connectivity index (χ1n) is 6.46. The number of nitrogens with zero attached hydrogens (tertiary/aromatic N) is 2. The summed E-state index contributed by atoms with van der Waals surface area (Å²) in [6.45, 7) is 0.798. The van der Waals surface area contributed by atoms with E-state index in [1.807, 2.05) is 16.7 Å². The third kappa shape index (κ3) is 2.33. The smallest absolute Gasteiger partial charge is 0.339 e. The van der Waals surface area contributed by atoms with Crippen LogP contribution in [0.4, 0.5) is 0 Å². The van der Waals surface area contributed by atoms with E-state index in [9.17, 15) is 4.79 Å². The number of methoxy groups -OCH3 is 1. The monoisotopic (exact) mass is 260 g/mol. The highest BCUT2D eigenvalue weighted by molar-refractivity contribution is 5.89. The van der Waals surface area contributed by atoms with Gasteiger partial charge in [-0.3, -0.25) is 0 Å². The molecule has 2 aromatic heterocycles. The number of aromatic nitrogens is 2. The van der Waals surface area contributed by atoms with Crippen molar-refractivity contribution in [2.75, 3.05) is 13.7 Å². The van der Waals surface area contributed by atoms with E-state index in [0.29, 0.717) is 5.56 Å². The van der Waals surface area contributed by atoms with Crippen LogP contribution >= 0.6 is 0 Å². The van der Waals surface area contributed by atoms with Crippen LogP contribution in [0.2, 0.25) is 0 Å². The van der Waals surface area contributed by atoms with E-state index in [1.165, 1.54) is 13.5 Å². The van der Waals surface area contributed by atoms with Crippen LogP contribution in [-0.2, 0) is 9.47 Å². The molecule has 0 aliphatic carbocycles. The fraction of sp³-hybridized carbons (Fsp3) is 0.429. The first-order valence-corrected chi connectivity index (χ1v) is 6.46. The quantitative estimate of drug-likeness (QED) is 0.778. The predicted molar refractivity (Wildman–Crippen MR) is 69.1 cm³/mol. The molecule has 0 bridgehead atoms. The number of esters is 1. The van der Waals surface area contributed by atoms with Crippen LogP contribution < -0.4 is 0 Å². The minimum absolute atomic E-state index is 0.0789. The molecule has 1 atom stereocenters. The molecule has 0 radical (unpaired) electrons. The number of hydrogen-bond donors (Lipinski definition) is 0. The van der Waals surface area contributed by atoms with Gasteiger partial charge in [-0.1, -0.05) is 0 Å². The maximum atomic E-state index is 11.5. The van der Waals surface area contributed by atoms with Crippen molar-refractivity contribution in [2.24, 2.45) is 0 Å². The lowest BCUT2D eigenvalue weighted by molar-refractivity contribution is 0.0126. The van der Waals surface area contributed by atoms with E-state index >= 15 is 0 Å². The normalized spacial score (nSPS) is 19.5. The van der Waals surface area contributed by atoms with Gasteiger partial charge in [-0.15, -0.1) is 0 Å². The minimum Gasteiger partial charge on any atom is -0.465 e. The summed E-state index contributed by atoms with van der Waals surface area (Å²) in [5, 5.41) is 0. The molecule has 0 saturated carbocycles. The summed E-state index contributed by atoms with van der Waals surface area (Å²) < 4.78 is 12.3. The lowest BCUT2D eigenvalue weighted by Gasteiger charge is -2.20. The Bertz CT molecular complexity index is 600. The molecule has 0 spiro atoms. The Labute approximate surface area is 111 Å². The predicted octanol–water partition coefficient (Wildman–Crippen LogP) is 2.36. The molecule has 100 valence electrons. The van der Waals surface area contributed by atoms with Crippen LogP contribution in [0.1, 0.15) is 41.4 Å². The largest absolute Gasteiger partial charge is 0.465 e. The lowest BCUT2D eigenvalue weighted by atomic mass is 10.1. The molecule has 0 amide bonds. The number of ether oxygens (including phenoxy) is 2. The molecule has 3 heterocycles. The summed E-state index contributed by atoms with van der Waals surface area (Å²) in [5.74, 6) is -0.342. The van der Waals surface area contributed by atoms with E-state index < -0.39 is 0 Å². The molecule has 0 N–H and O–H groups in total. The van der Waals surface area contributed by atoms with Gasteiger partial charge >= 0.3 is 5.97 Å². The van der Waals surface area contributed by atoms with Crippen molar-refractivity contribution in [3.8, 4) is 0 Å². The third-order valence-corrected chi connectivity index (χ3v) is 3.40. The zero-order valence-electron chi connectivity index (χ0n) is 10.8. The van der Waals surface area contributed by atoms with Crippen molar-refractivity contribution in [1.82, 2.24) is 9.38 Å². The summed E-state index contributed by atoms with van der Waals surface area (Å²) in [6, 6.07) is 3.54. The Kier molecular flexibility index (Phi) is 3.21. The summed E-state index contributed by atoms with van der Waals surface area (Å²) in [7, 11) is 1.38. The van der Waals surface area contributed by atoms with Crippen molar-refractivity contribution in [3.63, 3.8) is 0 Å². The third-order valence-electron chi connectivity index (χ3n) is 3.40. The summed E-state index contributed by atoms with van der Waals surface area (Å²) in [4.78, 5) is 16.0. The molecule has 1 aliphatic rings. The van der Waals surface area contributed by atoms with Gasteiger partial charge in [0.15, 0.2) is 0 Å². The van der Waals surface area contributed by atoms with Gasteiger partial charge in [0, 0.05) is 19.0 Å². The molecule has 1 unspecified atom stereocenters. The lowest BCUT2D eigenvalue weighted by Crippen LogP contribution is -2.11. The van der Waals surface area contributed by atoms with Gasteiger partial charge in [0.25, 0.3) is 0 Å². The standard InChI is InChI=1S/C14H16N2O3/c1-18-14(17)10-5-6-13-15-11(9-16(13)8-10)12-4-2-3-7-19-12/h5-6,8-9,12H,2-4,7H2,1H3. The van der Waals surface area contributed by atoms with Crippen LogP contribution in [0.5, 0.6) is 0 Å². The van der Waals surface area contributed by atoms with Crippen LogP contribution in [0.3, 0.4) is 0 Å². The number of carbonyl (C=O) groups excluding carboxylic acids is 1. The number of imidazole rings is 1. The SMILES string of the molecule is COC(=O)c1ccc2nc(C3CCCCO3)cn2c1. The zero-order valence-corrected chi connectivity index (χ0v) is 10.8. The number of hydrogen-bond acceptors (Lipinski definition) is 4. The Morgan fingerprint density at radius 3 is 3.05 bits per heavy atom. The highest BCUT2D eigenvalue weighted by Gasteiger charge is 2.19.